The predicted octanol–water partition coefficient (Wildman–Crippen LogP) is 4.82. The number of hydrogen-bond donors (Lipinski definition) is 2. The predicted molar refractivity (Wildman–Crippen MR) is 126 cm³/mol. The van der Waals surface area contributed by atoms with Crippen molar-refractivity contribution in [3.05, 3.63) is 89.5 Å². The Labute approximate surface area is 196 Å². The first-order chi connectivity index (χ1) is 14.4. The zero-order chi connectivity index (χ0) is 21.4. The average molecular weight is 543 g/mol. The van der Waals surface area contributed by atoms with Gasteiger partial charge in [-0.3, -0.25) is 0 Å². The molecule has 166 valence electrons. The van der Waals surface area contributed by atoms with Gasteiger partial charge in [0, 0.05) is 32.0 Å². The number of rotatable bonds is 7. The third-order valence-corrected chi connectivity index (χ3v) is 4.43. The van der Waals surface area contributed by atoms with Crippen LogP contribution in [0, 0.1) is 0 Å². The molecule has 0 aliphatic heterocycles. The highest BCUT2D eigenvalue weighted by Crippen LogP contribution is 2.29. The summed E-state index contributed by atoms with van der Waals surface area (Å²) in [5, 5.41) is 6.33. The number of nitrogens with one attached hydrogen (secondary N) is 2. The minimum absolute atomic E-state index is 0. The summed E-state index contributed by atoms with van der Waals surface area (Å²) in [5.41, 5.74) is 2.09. The lowest BCUT2D eigenvalue weighted by atomic mass is 10.1. The Morgan fingerprint density at radius 3 is 2.42 bits per heavy atom. The topological polar surface area (TPSA) is 54.2 Å². The number of benzene rings is 2. The van der Waals surface area contributed by atoms with E-state index in [1.807, 2.05) is 29.8 Å². The molecule has 0 aliphatic carbocycles. The van der Waals surface area contributed by atoms with Gasteiger partial charge < -0.3 is 15.2 Å². The van der Waals surface area contributed by atoms with E-state index < -0.39 is 11.7 Å². The molecule has 3 rings (SSSR count). The molecule has 0 bridgehead atoms. The van der Waals surface area contributed by atoms with Crippen molar-refractivity contribution in [2.75, 3.05) is 6.54 Å². The van der Waals surface area contributed by atoms with Crippen molar-refractivity contribution in [3.63, 3.8) is 0 Å². The van der Waals surface area contributed by atoms with Crippen LogP contribution in [0.25, 0.3) is 0 Å². The van der Waals surface area contributed by atoms with Crippen LogP contribution in [0.1, 0.15) is 29.2 Å². The second-order valence-corrected chi connectivity index (χ2v) is 6.80. The van der Waals surface area contributed by atoms with Crippen LogP contribution < -0.4 is 10.6 Å². The Bertz CT molecular complexity index is 954. The van der Waals surface area contributed by atoms with Crippen molar-refractivity contribution in [1.29, 1.82) is 0 Å². The highest BCUT2D eigenvalue weighted by Gasteiger charge is 2.30. The standard InChI is InChI=1S/C22H24F3N5.HI/c1-2-27-21(29-14-19-4-3-5-20(12-19)22(23,24)25)28-13-17-6-8-18(9-7-17)15-30-11-10-26-16-30;/h3-12,16H,2,13-15H2,1H3,(H2,27,28,29);1H. The lowest BCUT2D eigenvalue weighted by Crippen LogP contribution is -2.36. The molecular weight excluding hydrogens is 518 g/mol. The second kappa shape index (κ2) is 11.7. The summed E-state index contributed by atoms with van der Waals surface area (Å²) >= 11 is 0. The van der Waals surface area contributed by atoms with Crippen LogP contribution in [0.3, 0.4) is 0 Å². The Hall–Kier alpha value is -2.56. The van der Waals surface area contributed by atoms with Gasteiger partial charge in [0.15, 0.2) is 5.96 Å². The molecular formula is C22H25F3IN5. The van der Waals surface area contributed by atoms with E-state index in [1.54, 1.807) is 18.6 Å². The van der Waals surface area contributed by atoms with E-state index in [0.29, 0.717) is 24.6 Å². The third kappa shape index (κ3) is 7.89. The Morgan fingerprint density at radius 2 is 1.77 bits per heavy atom. The molecule has 1 aromatic heterocycles. The monoisotopic (exact) mass is 543 g/mol. The number of alkyl halides is 3. The van der Waals surface area contributed by atoms with Crippen molar-refractivity contribution in [1.82, 2.24) is 20.2 Å². The molecule has 0 radical (unpaired) electrons. The van der Waals surface area contributed by atoms with E-state index >= 15 is 0 Å². The van der Waals surface area contributed by atoms with Crippen molar-refractivity contribution in [3.8, 4) is 0 Å². The highest BCUT2D eigenvalue weighted by molar-refractivity contribution is 14.0. The van der Waals surface area contributed by atoms with Gasteiger partial charge in [-0.2, -0.15) is 13.2 Å². The van der Waals surface area contributed by atoms with Crippen LogP contribution in [-0.4, -0.2) is 22.1 Å². The molecule has 0 aliphatic rings. The van der Waals surface area contributed by atoms with E-state index in [0.717, 1.165) is 24.2 Å². The van der Waals surface area contributed by atoms with Crippen LogP contribution >= 0.6 is 24.0 Å². The van der Waals surface area contributed by atoms with Crippen LogP contribution in [-0.2, 0) is 25.8 Å². The number of aromatic nitrogens is 2. The zero-order valence-corrected chi connectivity index (χ0v) is 19.4. The molecule has 0 atom stereocenters. The van der Waals surface area contributed by atoms with Gasteiger partial charge >= 0.3 is 6.18 Å². The first kappa shape index (κ1) is 24.7. The quantitative estimate of drug-likeness (QED) is 0.255. The smallest absolute Gasteiger partial charge is 0.357 e. The number of guanidine groups is 1. The second-order valence-electron chi connectivity index (χ2n) is 6.80. The molecule has 2 N–H and O–H groups in total. The number of hydrogen-bond acceptors (Lipinski definition) is 2. The van der Waals surface area contributed by atoms with Gasteiger partial charge in [-0.25, -0.2) is 9.98 Å². The fraction of sp³-hybridized carbons (Fsp3) is 0.273. The fourth-order valence-electron chi connectivity index (χ4n) is 2.90. The summed E-state index contributed by atoms with van der Waals surface area (Å²) in [5.74, 6) is 0.553. The highest BCUT2D eigenvalue weighted by atomic mass is 127. The molecule has 0 saturated carbocycles. The van der Waals surface area contributed by atoms with Gasteiger partial charge in [-0.1, -0.05) is 36.4 Å². The molecule has 1 heterocycles. The average Bonchev–Trinajstić information content (AvgIpc) is 3.24. The molecule has 0 saturated heterocycles. The third-order valence-electron chi connectivity index (χ3n) is 4.43. The SMILES string of the molecule is CCNC(=NCc1cccc(C(F)(F)F)c1)NCc1ccc(Cn2ccnc2)cc1.I. The van der Waals surface area contributed by atoms with Gasteiger partial charge in [0.2, 0.25) is 0 Å². The van der Waals surface area contributed by atoms with Crippen LogP contribution in [0.5, 0.6) is 0 Å². The van der Waals surface area contributed by atoms with Crippen molar-refractivity contribution < 1.29 is 13.2 Å². The maximum Gasteiger partial charge on any atom is 0.416 e. The molecule has 0 amide bonds. The summed E-state index contributed by atoms with van der Waals surface area (Å²) in [6.45, 7) is 4.06. The Morgan fingerprint density at radius 1 is 1.03 bits per heavy atom. The van der Waals surface area contributed by atoms with Crippen molar-refractivity contribution >= 4 is 29.9 Å². The van der Waals surface area contributed by atoms with Gasteiger partial charge in [-0.05, 0) is 35.7 Å². The number of halogens is 4. The van der Waals surface area contributed by atoms with Gasteiger partial charge in [-0.15, -0.1) is 24.0 Å². The van der Waals surface area contributed by atoms with Crippen molar-refractivity contribution in [2.24, 2.45) is 4.99 Å². The molecule has 0 fully saturated rings. The zero-order valence-electron chi connectivity index (χ0n) is 17.1. The van der Waals surface area contributed by atoms with E-state index in [-0.39, 0.29) is 30.5 Å². The Kier molecular flexibility index (Phi) is 9.35. The number of nitrogens with zero attached hydrogens (tertiary/aromatic N) is 3. The Balaban J connectivity index is 0.00000341. The van der Waals surface area contributed by atoms with E-state index in [4.69, 9.17) is 0 Å². The molecule has 5 nitrogen and oxygen atoms in total. The van der Waals surface area contributed by atoms with E-state index in [9.17, 15) is 13.2 Å². The first-order valence-corrected chi connectivity index (χ1v) is 9.66. The summed E-state index contributed by atoms with van der Waals surface area (Å²) in [6.07, 6.45) is 1.09. The van der Waals surface area contributed by atoms with E-state index in [1.165, 1.54) is 11.6 Å². The summed E-state index contributed by atoms with van der Waals surface area (Å²) in [6, 6.07) is 13.4. The number of aliphatic imine (C=N–C) groups is 1. The van der Waals surface area contributed by atoms with Gasteiger partial charge in [0.1, 0.15) is 0 Å². The minimum atomic E-state index is -4.35. The van der Waals surface area contributed by atoms with Crippen LogP contribution in [0.15, 0.2) is 72.2 Å². The molecule has 9 heteroatoms. The summed E-state index contributed by atoms with van der Waals surface area (Å²) < 4.78 is 40.6. The fourth-order valence-corrected chi connectivity index (χ4v) is 2.90. The lowest BCUT2D eigenvalue weighted by molar-refractivity contribution is -0.137. The largest absolute Gasteiger partial charge is 0.416 e. The molecule has 2 aromatic carbocycles. The lowest BCUT2D eigenvalue weighted by Gasteiger charge is -2.12. The molecule has 0 spiro atoms. The summed E-state index contributed by atoms with van der Waals surface area (Å²) in [4.78, 5) is 8.44. The normalized spacial score (nSPS) is 11.7. The maximum atomic E-state index is 12.9. The maximum absolute atomic E-state index is 12.9. The van der Waals surface area contributed by atoms with Gasteiger partial charge in [0.05, 0.1) is 18.4 Å². The van der Waals surface area contributed by atoms with Crippen LogP contribution in [0.4, 0.5) is 13.2 Å². The minimum Gasteiger partial charge on any atom is -0.357 e. The molecule has 3 aromatic rings. The van der Waals surface area contributed by atoms with E-state index in [2.05, 4.69) is 32.7 Å². The summed E-state index contributed by atoms with van der Waals surface area (Å²) in [7, 11) is 0. The molecule has 31 heavy (non-hydrogen) atoms. The molecule has 0 unspecified atom stereocenters. The van der Waals surface area contributed by atoms with Crippen LogP contribution in [0.2, 0.25) is 0 Å². The van der Waals surface area contributed by atoms with Crippen molar-refractivity contribution in [2.45, 2.75) is 32.7 Å². The van der Waals surface area contributed by atoms with Gasteiger partial charge in [0.25, 0.3) is 0 Å². The first-order valence-electron chi connectivity index (χ1n) is 9.66. The number of imidazole rings is 1.